The second-order valence-electron chi connectivity index (χ2n) is 8.22. The molecule has 5 rings (SSSR count). The van der Waals surface area contributed by atoms with E-state index in [-0.39, 0.29) is 29.2 Å². The van der Waals surface area contributed by atoms with Crippen LogP contribution < -0.4 is 10.2 Å². The smallest absolute Gasteiger partial charge is 0.225 e. The van der Waals surface area contributed by atoms with Crippen molar-refractivity contribution >= 4 is 34.4 Å². The molecule has 0 unspecified atom stereocenters. The third-order valence-corrected chi connectivity index (χ3v) is 6.30. The van der Waals surface area contributed by atoms with Crippen LogP contribution >= 0.6 is 11.6 Å². The van der Waals surface area contributed by atoms with E-state index in [9.17, 15) is 13.6 Å². The molecule has 1 saturated heterocycles. The lowest BCUT2D eigenvalue weighted by molar-refractivity contribution is -0.125. The number of carbonyl (C=O) groups excluding carboxylic acids is 1. The van der Waals surface area contributed by atoms with Crippen LogP contribution in [-0.4, -0.2) is 38.7 Å². The molecule has 4 aromatic rings. The van der Waals surface area contributed by atoms with E-state index in [1.165, 1.54) is 30.6 Å². The van der Waals surface area contributed by atoms with E-state index in [0.29, 0.717) is 29.3 Å². The largest absolute Gasteiger partial charge is 0.355 e. The van der Waals surface area contributed by atoms with Crippen molar-refractivity contribution in [2.45, 2.75) is 19.4 Å². The number of nitrogens with one attached hydrogen (secondary N) is 1. The van der Waals surface area contributed by atoms with Crippen molar-refractivity contribution in [1.82, 2.24) is 25.1 Å². The Morgan fingerprint density at radius 2 is 1.91 bits per heavy atom. The normalized spacial score (nSPS) is 16.1. The Morgan fingerprint density at radius 1 is 1.12 bits per heavy atom. The van der Waals surface area contributed by atoms with Gasteiger partial charge in [0, 0.05) is 30.9 Å². The lowest BCUT2D eigenvalue weighted by Crippen LogP contribution is -2.43. The highest BCUT2D eigenvalue weighted by Gasteiger charge is 2.28. The topological polar surface area (TPSA) is 75.9 Å². The second-order valence-corrected chi connectivity index (χ2v) is 8.63. The summed E-state index contributed by atoms with van der Waals surface area (Å²) in [6.45, 7) is 1.48. The highest BCUT2D eigenvalue weighted by Crippen LogP contribution is 2.28. The Kier molecular flexibility index (Phi) is 6.10. The molecule has 1 atom stereocenters. The van der Waals surface area contributed by atoms with Crippen LogP contribution in [0.15, 0.2) is 55.0 Å². The molecule has 0 aliphatic carbocycles. The Morgan fingerprint density at radius 3 is 2.71 bits per heavy atom. The fraction of sp³-hybridized carbons (Fsp3) is 0.250. The summed E-state index contributed by atoms with van der Waals surface area (Å²) < 4.78 is 28.2. The average molecular weight is 483 g/mol. The molecule has 1 aliphatic rings. The highest BCUT2D eigenvalue weighted by atomic mass is 35.5. The summed E-state index contributed by atoms with van der Waals surface area (Å²) in [5.41, 5.74) is 1.89. The number of aromatic nitrogens is 4. The SMILES string of the molecule is O=C(NCc1ccc(F)cc1Cl)[C@@H]1CCCN(c2ncnc3nn(-c4ccc(F)cc4)cc23)C1. The molecule has 1 N–H and O–H groups in total. The fourth-order valence-corrected chi connectivity index (χ4v) is 4.41. The zero-order chi connectivity index (χ0) is 23.7. The zero-order valence-electron chi connectivity index (χ0n) is 18.1. The molecule has 34 heavy (non-hydrogen) atoms. The minimum Gasteiger partial charge on any atom is -0.355 e. The Bertz CT molecular complexity index is 1340. The molecule has 174 valence electrons. The lowest BCUT2D eigenvalue weighted by Gasteiger charge is -2.33. The summed E-state index contributed by atoms with van der Waals surface area (Å²) in [4.78, 5) is 23.7. The number of rotatable bonds is 5. The summed E-state index contributed by atoms with van der Waals surface area (Å²) in [7, 11) is 0. The van der Waals surface area contributed by atoms with Crippen LogP contribution in [0.1, 0.15) is 18.4 Å². The molecule has 3 heterocycles. The standard InChI is InChI=1S/C24H21ClF2N6O/c25-21-10-18(27)4-3-15(21)11-28-24(34)16-2-1-9-32(12-16)23-20-13-33(31-22(20)29-14-30-23)19-7-5-17(26)6-8-19/h3-8,10,13-14,16H,1-2,9,11-12H2,(H,28,34)/t16-/m1/s1. The van der Waals surface area contributed by atoms with Crippen LogP contribution in [0.4, 0.5) is 14.6 Å². The van der Waals surface area contributed by atoms with Crippen LogP contribution in [0.2, 0.25) is 5.02 Å². The quantitative estimate of drug-likeness (QED) is 0.459. The van der Waals surface area contributed by atoms with E-state index in [4.69, 9.17) is 11.6 Å². The van der Waals surface area contributed by atoms with Crippen LogP contribution in [0.5, 0.6) is 0 Å². The Hall–Kier alpha value is -3.59. The van der Waals surface area contributed by atoms with Crippen molar-refractivity contribution in [3.63, 3.8) is 0 Å². The second kappa shape index (κ2) is 9.34. The number of carbonyl (C=O) groups is 1. The van der Waals surface area contributed by atoms with Gasteiger partial charge >= 0.3 is 0 Å². The third kappa shape index (κ3) is 4.56. The van der Waals surface area contributed by atoms with Crippen LogP contribution in [0.25, 0.3) is 16.7 Å². The van der Waals surface area contributed by atoms with Gasteiger partial charge in [0.05, 0.1) is 17.0 Å². The maximum Gasteiger partial charge on any atom is 0.225 e. The van der Waals surface area contributed by atoms with E-state index in [1.807, 2.05) is 6.20 Å². The molecule has 1 amide bonds. The third-order valence-electron chi connectivity index (χ3n) is 5.95. The summed E-state index contributed by atoms with van der Waals surface area (Å²) in [6.07, 6.45) is 4.85. The average Bonchev–Trinajstić information content (AvgIpc) is 3.28. The minimum atomic E-state index is -0.415. The summed E-state index contributed by atoms with van der Waals surface area (Å²) in [6, 6.07) is 10.2. The molecular weight excluding hydrogens is 462 g/mol. The number of hydrogen-bond acceptors (Lipinski definition) is 5. The molecule has 0 saturated carbocycles. The van der Waals surface area contributed by atoms with Gasteiger partial charge in [-0.3, -0.25) is 4.79 Å². The summed E-state index contributed by atoms with van der Waals surface area (Å²) in [5.74, 6) is -0.345. The summed E-state index contributed by atoms with van der Waals surface area (Å²) in [5, 5.41) is 8.45. The van der Waals surface area contributed by atoms with Crippen molar-refractivity contribution < 1.29 is 13.6 Å². The number of anilines is 1. The van der Waals surface area contributed by atoms with Crippen LogP contribution in [0, 0.1) is 17.6 Å². The number of piperidine rings is 1. The molecular formula is C24H21ClF2N6O. The van der Waals surface area contributed by atoms with Gasteiger partial charge in [-0.15, -0.1) is 5.10 Å². The minimum absolute atomic E-state index is 0.0857. The number of fused-ring (bicyclic) bond motifs is 1. The summed E-state index contributed by atoms with van der Waals surface area (Å²) >= 11 is 6.07. The molecule has 7 nitrogen and oxygen atoms in total. The number of nitrogens with zero attached hydrogens (tertiary/aromatic N) is 5. The van der Waals surface area contributed by atoms with Gasteiger partial charge in [-0.05, 0) is 54.8 Å². The van der Waals surface area contributed by atoms with Crippen LogP contribution in [-0.2, 0) is 11.3 Å². The van der Waals surface area contributed by atoms with Crippen molar-refractivity contribution in [2.75, 3.05) is 18.0 Å². The van der Waals surface area contributed by atoms with Crippen LogP contribution in [0.3, 0.4) is 0 Å². The Balaban J connectivity index is 1.32. The molecule has 2 aromatic carbocycles. The van der Waals surface area contributed by atoms with Gasteiger partial charge in [0.1, 0.15) is 23.8 Å². The Labute approximate surface area is 199 Å². The number of benzene rings is 2. The molecule has 1 fully saturated rings. The predicted octanol–water partition coefficient (Wildman–Crippen LogP) is 4.28. The van der Waals surface area contributed by atoms with Crippen molar-refractivity contribution in [3.05, 3.63) is 77.2 Å². The van der Waals surface area contributed by atoms with Crippen molar-refractivity contribution in [3.8, 4) is 5.69 Å². The monoisotopic (exact) mass is 482 g/mol. The molecule has 0 radical (unpaired) electrons. The van der Waals surface area contributed by atoms with E-state index in [0.717, 1.165) is 24.8 Å². The number of halogens is 3. The van der Waals surface area contributed by atoms with E-state index in [2.05, 4.69) is 25.3 Å². The number of hydrogen-bond donors (Lipinski definition) is 1. The van der Waals surface area contributed by atoms with Gasteiger partial charge < -0.3 is 10.2 Å². The number of amides is 1. The van der Waals surface area contributed by atoms with Crippen molar-refractivity contribution in [2.24, 2.45) is 5.92 Å². The maximum atomic E-state index is 13.3. The predicted molar refractivity (Wildman–Crippen MR) is 125 cm³/mol. The van der Waals surface area contributed by atoms with Gasteiger partial charge in [0.2, 0.25) is 5.91 Å². The lowest BCUT2D eigenvalue weighted by atomic mass is 9.97. The van der Waals surface area contributed by atoms with Gasteiger partial charge in [-0.2, -0.15) is 0 Å². The first kappa shape index (κ1) is 22.2. The molecule has 2 aromatic heterocycles. The molecule has 0 bridgehead atoms. The van der Waals surface area contributed by atoms with E-state index in [1.54, 1.807) is 22.9 Å². The highest BCUT2D eigenvalue weighted by molar-refractivity contribution is 6.31. The molecule has 0 spiro atoms. The van der Waals surface area contributed by atoms with Gasteiger partial charge in [0.15, 0.2) is 5.65 Å². The first-order valence-electron chi connectivity index (χ1n) is 10.9. The van der Waals surface area contributed by atoms with Gasteiger partial charge in [-0.25, -0.2) is 23.4 Å². The zero-order valence-corrected chi connectivity index (χ0v) is 18.8. The van der Waals surface area contributed by atoms with Gasteiger partial charge in [-0.1, -0.05) is 17.7 Å². The molecule has 1 aliphatic heterocycles. The van der Waals surface area contributed by atoms with Crippen molar-refractivity contribution in [1.29, 1.82) is 0 Å². The fourth-order valence-electron chi connectivity index (χ4n) is 4.18. The van der Waals surface area contributed by atoms with Gasteiger partial charge in [0.25, 0.3) is 0 Å². The first-order valence-corrected chi connectivity index (χ1v) is 11.3. The van der Waals surface area contributed by atoms with E-state index >= 15 is 0 Å². The molecule has 10 heteroatoms. The maximum absolute atomic E-state index is 13.3. The first-order chi connectivity index (χ1) is 16.5. The van der Waals surface area contributed by atoms with E-state index < -0.39 is 5.82 Å².